The van der Waals surface area contributed by atoms with Gasteiger partial charge in [-0.05, 0) is 6.07 Å². The third-order valence-electron chi connectivity index (χ3n) is 4.77. The molecule has 1 heterocycles. The van der Waals surface area contributed by atoms with E-state index in [1.807, 2.05) is 67.2 Å². The first-order valence-corrected chi connectivity index (χ1v) is 9.14. The van der Waals surface area contributed by atoms with Gasteiger partial charge < -0.3 is 26.9 Å². The van der Waals surface area contributed by atoms with Crippen molar-refractivity contribution in [2.24, 2.45) is 0 Å². The van der Waals surface area contributed by atoms with Gasteiger partial charge in [-0.1, -0.05) is 24.3 Å². The zero-order chi connectivity index (χ0) is 19.7. The van der Waals surface area contributed by atoms with Gasteiger partial charge in [-0.3, -0.25) is 4.79 Å². The van der Waals surface area contributed by atoms with Crippen molar-refractivity contribution in [3.63, 3.8) is 0 Å². The monoisotopic (exact) mass is 411 g/mol. The molecule has 150 valence electrons. The zero-order valence-electron chi connectivity index (χ0n) is 16.5. The lowest BCUT2D eigenvalue weighted by Crippen LogP contribution is -3.00. The van der Waals surface area contributed by atoms with Crippen LogP contribution in [0.4, 0.5) is 5.69 Å². The SMILES string of the molecule is COC(=O)CCNc1cc2oc3cc(=[N+](C)C)ccc-3nc2c2ccccc12.[Cl-]. The molecule has 0 radical (unpaired) electrons. The lowest BCUT2D eigenvalue weighted by molar-refractivity contribution is -0.140. The van der Waals surface area contributed by atoms with Crippen molar-refractivity contribution < 1.29 is 26.4 Å². The molecule has 7 heteroatoms. The molecule has 0 fully saturated rings. The summed E-state index contributed by atoms with van der Waals surface area (Å²) >= 11 is 0. The van der Waals surface area contributed by atoms with Gasteiger partial charge in [0.2, 0.25) is 5.36 Å². The Kier molecular flexibility index (Phi) is 6.03. The van der Waals surface area contributed by atoms with Crippen LogP contribution in [-0.2, 0) is 9.53 Å². The molecule has 6 nitrogen and oxygen atoms in total. The molecule has 29 heavy (non-hydrogen) atoms. The summed E-state index contributed by atoms with van der Waals surface area (Å²) in [6.07, 6.45) is 0.294. The molecule has 0 atom stereocenters. The molecule has 2 aromatic carbocycles. The lowest BCUT2D eigenvalue weighted by Gasteiger charge is -2.13. The summed E-state index contributed by atoms with van der Waals surface area (Å²) in [5, 5.41) is 6.41. The highest BCUT2D eigenvalue weighted by Gasteiger charge is 2.15. The van der Waals surface area contributed by atoms with Crippen LogP contribution in [0.3, 0.4) is 0 Å². The van der Waals surface area contributed by atoms with E-state index >= 15 is 0 Å². The number of nitrogens with one attached hydrogen (secondary N) is 1. The van der Waals surface area contributed by atoms with E-state index in [0.717, 1.165) is 38.8 Å². The number of rotatable bonds is 4. The van der Waals surface area contributed by atoms with Crippen molar-refractivity contribution in [1.29, 1.82) is 0 Å². The second-order valence-corrected chi connectivity index (χ2v) is 6.83. The van der Waals surface area contributed by atoms with Gasteiger partial charge in [0.25, 0.3) is 0 Å². The fourth-order valence-electron chi connectivity index (χ4n) is 3.27. The number of carbonyl (C=O) groups excluding carboxylic acids is 1. The van der Waals surface area contributed by atoms with Crippen molar-refractivity contribution in [3.8, 4) is 11.5 Å². The van der Waals surface area contributed by atoms with Gasteiger partial charge in [0.1, 0.15) is 25.3 Å². The Bertz CT molecular complexity index is 1230. The molecule has 4 rings (SSSR count). The van der Waals surface area contributed by atoms with Crippen LogP contribution >= 0.6 is 0 Å². The van der Waals surface area contributed by atoms with Crippen molar-refractivity contribution in [3.05, 3.63) is 53.9 Å². The third-order valence-corrected chi connectivity index (χ3v) is 4.77. The largest absolute Gasteiger partial charge is 1.00 e. The molecule has 2 aliphatic rings. The standard InChI is InChI=1S/C22H21N3O3.ClH/c1-25(2)14-8-9-17-19(12-14)28-20-13-18(23-11-10-21(26)27-3)15-6-4-5-7-16(15)22(20)24-17;/h4-9,12-13H,10-11H2,1-3H3;1H. The Morgan fingerprint density at radius 2 is 1.90 bits per heavy atom. The first kappa shape index (κ1) is 20.6. The second kappa shape index (κ2) is 8.49. The first-order valence-electron chi connectivity index (χ1n) is 9.14. The summed E-state index contributed by atoms with van der Waals surface area (Å²) in [6.45, 7) is 0.480. The zero-order valence-corrected chi connectivity index (χ0v) is 17.3. The number of ether oxygens (including phenoxy) is 1. The summed E-state index contributed by atoms with van der Waals surface area (Å²) in [5.74, 6) is 0.487. The Morgan fingerprint density at radius 3 is 2.62 bits per heavy atom. The molecule has 0 saturated heterocycles. The van der Waals surface area contributed by atoms with Gasteiger partial charge in [-0.2, -0.15) is 0 Å². The quantitative estimate of drug-likeness (QED) is 0.223. The maximum absolute atomic E-state index is 11.4. The minimum absolute atomic E-state index is 0. The maximum Gasteiger partial charge on any atom is 0.307 e. The van der Waals surface area contributed by atoms with Gasteiger partial charge in [0.05, 0.1) is 19.6 Å². The van der Waals surface area contributed by atoms with E-state index in [2.05, 4.69) is 5.32 Å². The van der Waals surface area contributed by atoms with E-state index in [4.69, 9.17) is 14.1 Å². The van der Waals surface area contributed by atoms with Crippen LogP contribution in [0.15, 0.2) is 52.9 Å². The van der Waals surface area contributed by atoms with Gasteiger partial charge in [0.15, 0.2) is 11.3 Å². The van der Waals surface area contributed by atoms with Gasteiger partial charge >= 0.3 is 5.97 Å². The molecular weight excluding hydrogens is 390 g/mol. The molecule has 0 aromatic heterocycles. The van der Waals surface area contributed by atoms with E-state index in [1.54, 1.807) is 0 Å². The number of esters is 1. The number of methoxy groups -OCH3 is 1. The number of benzene rings is 3. The van der Waals surface area contributed by atoms with Crippen LogP contribution in [0, 0.1) is 0 Å². The van der Waals surface area contributed by atoms with Crippen LogP contribution in [0.1, 0.15) is 6.42 Å². The molecule has 0 unspecified atom stereocenters. The summed E-state index contributed by atoms with van der Waals surface area (Å²) < 4.78 is 13.0. The Balaban J connectivity index is 0.00000240. The highest BCUT2D eigenvalue weighted by atomic mass is 35.5. The molecule has 0 saturated carbocycles. The van der Waals surface area contributed by atoms with Crippen LogP contribution < -0.4 is 27.7 Å². The number of halogens is 1. The van der Waals surface area contributed by atoms with Crippen LogP contribution in [0.5, 0.6) is 0 Å². The summed E-state index contributed by atoms with van der Waals surface area (Å²) in [5.41, 5.74) is 3.23. The van der Waals surface area contributed by atoms with E-state index in [-0.39, 0.29) is 18.4 Å². The predicted molar refractivity (Wildman–Crippen MR) is 110 cm³/mol. The number of aromatic nitrogens is 1. The topological polar surface area (TPSA) is 67.4 Å². The lowest BCUT2D eigenvalue weighted by atomic mass is 10.1. The fraction of sp³-hybridized carbons (Fsp3) is 0.227. The van der Waals surface area contributed by atoms with E-state index in [9.17, 15) is 4.79 Å². The number of fused-ring (bicyclic) bond motifs is 4. The highest BCUT2D eigenvalue weighted by Crippen LogP contribution is 2.33. The summed E-state index contributed by atoms with van der Waals surface area (Å²) in [6, 6.07) is 16.0. The number of anilines is 1. The molecular formula is C22H22ClN3O3. The third kappa shape index (κ3) is 4.03. The number of carbonyl (C=O) groups is 1. The van der Waals surface area contributed by atoms with Crippen molar-refractivity contribution >= 4 is 33.5 Å². The van der Waals surface area contributed by atoms with Crippen molar-refractivity contribution in [2.75, 3.05) is 33.1 Å². The highest BCUT2D eigenvalue weighted by molar-refractivity contribution is 6.10. The second-order valence-electron chi connectivity index (χ2n) is 6.83. The molecule has 2 aromatic rings. The number of hydrogen-bond acceptors (Lipinski definition) is 5. The Morgan fingerprint density at radius 1 is 1.14 bits per heavy atom. The van der Waals surface area contributed by atoms with E-state index in [1.165, 1.54) is 7.11 Å². The average molecular weight is 412 g/mol. The fourth-order valence-corrected chi connectivity index (χ4v) is 3.27. The van der Waals surface area contributed by atoms with E-state index < -0.39 is 0 Å². The summed E-state index contributed by atoms with van der Waals surface area (Å²) in [7, 11) is 5.38. The molecule has 0 bridgehead atoms. The summed E-state index contributed by atoms with van der Waals surface area (Å²) in [4.78, 5) is 16.3. The maximum atomic E-state index is 11.4. The van der Waals surface area contributed by atoms with Gasteiger partial charge in [-0.25, -0.2) is 9.56 Å². The van der Waals surface area contributed by atoms with Crippen LogP contribution in [-0.4, -0.2) is 38.7 Å². The first-order chi connectivity index (χ1) is 13.6. The molecule has 0 spiro atoms. The molecule has 1 aliphatic heterocycles. The van der Waals surface area contributed by atoms with Crippen LogP contribution in [0.25, 0.3) is 33.3 Å². The molecule has 1 aliphatic carbocycles. The average Bonchev–Trinajstić information content (AvgIpc) is 2.71. The number of hydrogen-bond donors (Lipinski definition) is 1. The minimum atomic E-state index is -0.244. The minimum Gasteiger partial charge on any atom is -1.00 e. The Hall–Kier alpha value is -3.12. The van der Waals surface area contributed by atoms with Crippen molar-refractivity contribution in [1.82, 2.24) is 9.56 Å². The van der Waals surface area contributed by atoms with Gasteiger partial charge in [0, 0.05) is 35.1 Å². The van der Waals surface area contributed by atoms with Crippen molar-refractivity contribution in [2.45, 2.75) is 6.42 Å². The van der Waals surface area contributed by atoms with Gasteiger partial charge in [-0.15, -0.1) is 0 Å². The van der Waals surface area contributed by atoms with Crippen LogP contribution in [0.2, 0.25) is 0 Å². The smallest absolute Gasteiger partial charge is 0.307 e. The molecule has 1 N–H and O–H groups in total. The molecule has 0 amide bonds. The normalized spacial score (nSPS) is 10.7. The predicted octanol–water partition coefficient (Wildman–Crippen LogP) is 0.0966. The van der Waals surface area contributed by atoms with E-state index in [0.29, 0.717) is 18.5 Å². The Labute approximate surface area is 174 Å². The number of nitrogens with zero attached hydrogens (tertiary/aromatic N) is 2.